The Morgan fingerprint density at radius 1 is 1.29 bits per heavy atom. The lowest BCUT2D eigenvalue weighted by Crippen LogP contribution is -2.20. The van der Waals surface area contributed by atoms with Crippen molar-refractivity contribution in [3.63, 3.8) is 0 Å². The van der Waals surface area contributed by atoms with Crippen molar-refractivity contribution >= 4 is 0 Å². The minimum atomic E-state index is -0.511. The molecule has 0 amide bonds. The Balaban J connectivity index is 2.87. The van der Waals surface area contributed by atoms with Gasteiger partial charge in [0.1, 0.15) is 5.82 Å². The van der Waals surface area contributed by atoms with Gasteiger partial charge in [0.25, 0.3) is 0 Å². The van der Waals surface area contributed by atoms with Crippen molar-refractivity contribution in [1.82, 2.24) is 5.32 Å². The summed E-state index contributed by atoms with van der Waals surface area (Å²) in [6.45, 7) is 2.84. The molecule has 0 radical (unpaired) electrons. The van der Waals surface area contributed by atoms with Crippen LogP contribution in [0.2, 0.25) is 0 Å². The molecule has 2 nitrogen and oxygen atoms in total. The molecule has 1 aromatic rings. The SMILES string of the molecule is CCC(CNC)Cc1cc(F)c(OC)cc1F. The van der Waals surface area contributed by atoms with Gasteiger partial charge >= 0.3 is 0 Å². The Kier molecular flexibility index (Phi) is 5.35. The molecule has 1 aromatic carbocycles. The number of nitrogens with one attached hydrogen (secondary N) is 1. The molecule has 1 unspecified atom stereocenters. The Hall–Kier alpha value is -1.16. The number of halogens is 2. The largest absolute Gasteiger partial charge is 0.494 e. The summed E-state index contributed by atoms with van der Waals surface area (Å²) < 4.78 is 31.9. The fourth-order valence-corrected chi connectivity index (χ4v) is 1.84. The van der Waals surface area contributed by atoms with Crippen LogP contribution in [-0.2, 0) is 6.42 Å². The zero-order chi connectivity index (χ0) is 12.8. The maximum Gasteiger partial charge on any atom is 0.165 e. The minimum absolute atomic E-state index is 0.0482. The third-order valence-electron chi connectivity index (χ3n) is 2.90. The second kappa shape index (κ2) is 6.55. The summed E-state index contributed by atoms with van der Waals surface area (Å²) in [7, 11) is 3.18. The Labute approximate surface area is 101 Å². The van der Waals surface area contributed by atoms with Gasteiger partial charge in [-0.1, -0.05) is 13.3 Å². The number of rotatable bonds is 6. The molecule has 17 heavy (non-hydrogen) atoms. The number of hydrogen-bond donors (Lipinski definition) is 1. The van der Waals surface area contributed by atoms with E-state index in [1.165, 1.54) is 13.2 Å². The van der Waals surface area contributed by atoms with E-state index in [1.807, 2.05) is 14.0 Å². The molecule has 0 aliphatic rings. The van der Waals surface area contributed by atoms with E-state index in [9.17, 15) is 8.78 Å². The average molecular weight is 243 g/mol. The van der Waals surface area contributed by atoms with Gasteiger partial charge in [-0.05, 0) is 37.6 Å². The van der Waals surface area contributed by atoms with Crippen molar-refractivity contribution in [3.05, 3.63) is 29.3 Å². The normalized spacial score (nSPS) is 12.5. The molecule has 1 N–H and O–H groups in total. The maximum absolute atomic E-state index is 13.7. The molecule has 1 atom stereocenters. The first-order chi connectivity index (χ1) is 8.12. The van der Waals surface area contributed by atoms with Crippen molar-refractivity contribution in [2.75, 3.05) is 20.7 Å². The Morgan fingerprint density at radius 2 is 2.00 bits per heavy atom. The van der Waals surface area contributed by atoms with Gasteiger partial charge in [-0.15, -0.1) is 0 Å². The average Bonchev–Trinajstić information content (AvgIpc) is 2.32. The van der Waals surface area contributed by atoms with Gasteiger partial charge in [-0.25, -0.2) is 8.78 Å². The van der Waals surface area contributed by atoms with Gasteiger partial charge < -0.3 is 10.1 Å². The van der Waals surface area contributed by atoms with Crippen LogP contribution in [0.25, 0.3) is 0 Å². The highest BCUT2D eigenvalue weighted by Gasteiger charge is 2.14. The third kappa shape index (κ3) is 3.66. The molecule has 0 heterocycles. The second-order valence-electron chi connectivity index (χ2n) is 4.11. The molecule has 4 heteroatoms. The monoisotopic (exact) mass is 243 g/mol. The zero-order valence-corrected chi connectivity index (χ0v) is 10.5. The summed E-state index contributed by atoms with van der Waals surface area (Å²) >= 11 is 0. The summed E-state index contributed by atoms with van der Waals surface area (Å²) in [5.74, 6) is -0.656. The minimum Gasteiger partial charge on any atom is -0.494 e. The molecule has 0 bridgehead atoms. The summed E-state index contributed by atoms with van der Waals surface area (Å²) in [6.07, 6.45) is 1.46. The van der Waals surface area contributed by atoms with Crippen LogP contribution in [-0.4, -0.2) is 20.7 Å². The fourth-order valence-electron chi connectivity index (χ4n) is 1.84. The van der Waals surface area contributed by atoms with Gasteiger partial charge in [0.05, 0.1) is 7.11 Å². The van der Waals surface area contributed by atoms with E-state index < -0.39 is 11.6 Å². The molecular weight excluding hydrogens is 224 g/mol. The van der Waals surface area contributed by atoms with Gasteiger partial charge in [0.2, 0.25) is 0 Å². The van der Waals surface area contributed by atoms with E-state index in [0.29, 0.717) is 17.9 Å². The number of benzene rings is 1. The van der Waals surface area contributed by atoms with Crippen LogP contribution in [0.5, 0.6) is 5.75 Å². The van der Waals surface area contributed by atoms with Crippen molar-refractivity contribution in [2.45, 2.75) is 19.8 Å². The molecule has 0 fully saturated rings. The zero-order valence-electron chi connectivity index (χ0n) is 10.5. The maximum atomic E-state index is 13.7. The quantitative estimate of drug-likeness (QED) is 0.829. The summed E-state index contributed by atoms with van der Waals surface area (Å²) in [6, 6.07) is 2.34. The fraction of sp³-hybridized carbons (Fsp3) is 0.538. The van der Waals surface area contributed by atoms with Gasteiger partial charge in [0.15, 0.2) is 11.6 Å². The van der Waals surface area contributed by atoms with E-state index >= 15 is 0 Å². The van der Waals surface area contributed by atoms with E-state index in [2.05, 4.69) is 5.32 Å². The summed E-state index contributed by atoms with van der Waals surface area (Å²) in [5, 5.41) is 3.05. The predicted octanol–water partition coefficient (Wildman–Crippen LogP) is 2.76. The highest BCUT2D eigenvalue weighted by atomic mass is 19.1. The van der Waals surface area contributed by atoms with Crippen LogP contribution in [0.15, 0.2) is 12.1 Å². The van der Waals surface area contributed by atoms with E-state index in [4.69, 9.17) is 4.74 Å². The van der Waals surface area contributed by atoms with E-state index in [0.717, 1.165) is 19.0 Å². The molecule has 0 aliphatic heterocycles. The predicted molar refractivity (Wildman–Crippen MR) is 64.3 cm³/mol. The molecule has 0 aromatic heterocycles. The van der Waals surface area contributed by atoms with Crippen LogP contribution in [0.3, 0.4) is 0 Å². The van der Waals surface area contributed by atoms with Crippen LogP contribution < -0.4 is 10.1 Å². The van der Waals surface area contributed by atoms with Crippen LogP contribution in [0, 0.1) is 17.6 Å². The van der Waals surface area contributed by atoms with Crippen LogP contribution >= 0.6 is 0 Å². The van der Waals surface area contributed by atoms with Gasteiger partial charge in [0, 0.05) is 6.07 Å². The van der Waals surface area contributed by atoms with Crippen molar-refractivity contribution in [1.29, 1.82) is 0 Å². The first-order valence-corrected chi connectivity index (χ1v) is 5.78. The third-order valence-corrected chi connectivity index (χ3v) is 2.90. The number of hydrogen-bond acceptors (Lipinski definition) is 2. The molecule has 0 saturated heterocycles. The lowest BCUT2D eigenvalue weighted by Gasteiger charge is -2.15. The van der Waals surface area contributed by atoms with Gasteiger partial charge in [-0.3, -0.25) is 0 Å². The Bertz CT molecular complexity index is 369. The lowest BCUT2D eigenvalue weighted by molar-refractivity contribution is 0.380. The van der Waals surface area contributed by atoms with E-state index in [1.54, 1.807) is 0 Å². The first-order valence-electron chi connectivity index (χ1n) is 5.78. The second-order valence-corrected chi connectivity index (χ2v) is 4.11. The molecule has 0 spiro atoms. The lowest BCUT2D eigenvalue weighted by atomic mass is 9.96. The molecule has 1 rings (SSSR count). The van der Waals surface area contributed by atoms with E-state index in [-0.39, 0.29) is 5.75 Å². The summed E-state index contributed by atoms with van der Waals surface area (Å²) in [4.78, 5) is 0. The highest BCUT2D eigenvalue weighted by Crippen LogP contribution is 2.23. The Morgan fingerprint density at radius 3 is 2.53 bits per heavy atom. The van der Waals surface area contributed by atoms with Gasteiger partial charge in [-0.2, -0.15) is 0 Å². The molecular formula is C13H19F2NO. The van der Waals surface area contributed by atoms with Crippen molar-refractivity contribution in [2.24, 2.45) is 5.92 Å². The van der Waals surface area contributed by atoms with Crippen LogP contribution in [0.4, 0.5) is 8.78 Å². The number of methoxy groups -OCH3 is 1. The smallest absolute Gasteiger partial charge is 0.165 e. The number of ether oxygens (including phenoxy) is 1. The summed E-state index contributed by atoms with van der Waals surface area (Å²) in [5.41, 5.74) is 0.408. The molecule has 0 saturated carbocycles. The van der Waals surface area contributed by atoms with Crippen molar-refractivity contribution < 1.29 is 13.5 Å². The standard InChI is InChI=1S/C13H19F2NO/c1-4-9(8-16-2)5-10-6-12(15)13(17-3)7-11(10)14/h6-7,9,16H,4-5,8H2,1-3H3. The van der Waals surface area contributed by atoms with Crippen molar-refractivity contribution in [3.8, 4) is 5.75 Å². The topological polar surface area (TPSA) is 21.3 Å². The molecule has 0 aliphatic carbocycles. The molecule has 96 valence electrons. The highest BCUT2D eigenvalue weighted by molar-refractivity contribution is 5.31. The van der Waals surface area contributed by atoms with Crippen LogP contribution in [0.1, 0.15) is 18.9 Å². The first kappa shape index (κ1) is 13.9.